The molecule has 1 saturated heterocycles. The van der Waals surface area contributed by atoms with Crippen molar-refractivity contribution in [2.24, 2.45) is 0 Å². The molecule has 1 aliphatic heterocycles. The lowest BCUT2D eigenvalue weighted by atomic mass is 10.0. The summed E-state index contributed by atoms with van der Waals surface area (Å²) >= 11 is 0. The van der Waals surface area contributed by atoms with Crippen molar-refractivity contribution in [1.82, 2.24) is 9.97 Å². The van der Waals surface area contributed by atoms with E-state index in [0.717, 1.165) is 16.6 Å². The van der Waals surface area contributed by atoms with Crippen molar-refractivity contribution >= 4 is 21.4 Å². The predicted molar refractivity (Wildman–Crippen MR) is 133 cm³/mol. The second-order valence-corrected chi connectivity index (χ2v) is 10.4. The van der Waals surface area contributed by atoms with E-state index in [-0.39, 0.29) is 18.7 Å². The van der Waals surface area contributed by atoms with Crippen molar-refractivity contribution in [2.45, 2.75) is 12.6 Å². The number of anilines is 2. The second kappa shape index (κ2) is 10.7. The Balaban J connectivity index is 1.58. The molecule has 37 heavy (non-hydrogen) atoms. The number of nitrogens with zero attached hydrogens (tertiary/aromatic N) is 5. The van der Waals surface area contributed by atoms with Gasteiger partial charge in [0.25, 0.3) is 0 Å². The maximum atomic E-state index is 13.9. The minimum atomic E-state index is -4.51. The number of benzene rings is 2. The van der Waals surface area contributed by atoms with Gasteiger partial charge in [-0.15, -0.1) is 0 Å². The number of morpholine rings is 1. The molecule has 0 N–H and O–H groups in total. The molecule has 4 rings (SSSR count). The van der Waals surface area contributed by atoms with Gasteiger partial charge in [-0.05, 0) is 35.9 Å². The molecule has 0 aliphatic carbocycles. The van der Waals surface area contributed by atoms with Gasteiger partial charge in [0.1, 0.15) is 12.4 Å². The van der Waals surface area contributed by atoms with Gasteiger partial charge >= 0.3 is 6.18 Å². The van der Waals surface area contributed by atoms with Gasteiger partial charge in [-0.3, -0.25) is 4.31 Å². The van der Waals surface area contributed by atoms with E-state index in [1.807, 2.05) is 6.07 Å². The van der Waals surface area contributed by atoms with E-state index in [1.165, 1.54) is 12.3 Å². The molecule has 0 spiro atoms. The maximum Gasteiger partial charge on any atom is 0.418 e. The molecule has 2 heterocycles. The maximum absolute atomic E-state index is 13.9. The zero-order valence-electron chi connectivity index (χ0n) is 19.9. The fraction of sp³-hybridized carbons (Fsp3) is 0.320. The van der Waals surface area contributed by atoms with E-state index in [0.29, 0.717) is 54.6 Å². The Bertz CT molecular complexity index is 1400. The predicted octanol–water partition coefficient (Wildman–Crippen LogP) is 3.88. The highest BCUT2D eigenvalue weighted by molar-refractivity contribution is 7.92. The van der Waals surface area contributed by atoms with E-state index in [2.05, 4.69) is 9.97 Å². The van der Waals surface area contributed by atoms with Crippen LogP contribution in [0, 0.1) is 11.3 Å². The van der Waals surface area contributed by atoms with Crippen molar-refractivity contribution < 1.29 is 26.3 Å². The molecule has 1 fully saturated rings. The van der Waals surface area contributed by atoms with E-state index >= 15 is 0 Å². The molecule has 1 aliphatic rings. The average molecular weight is 532 g/mol. The molecule has 0 unspecified atom stereocenters. The third kappa shape index (κ3) is 6.36. The first-order valence-electron chi connectivity index (χ1n) is 11.4. The number of rotatable bonds is 7. The topological polar surface area (TPSA) is 99.4 Å². The highest BCUT2D eigenvalue weighted by atomic mass is 32.2. The van der Waals surface area contributed by atoms with Crippen LogP contribution in [-0.2, 0) is 27.4 Å². The molecular weight excluding hydrogens is 507 g/mol. The number of aromatic nitrogens is 2. The first-order valence-corrected chi connectivity index (χ1v) is 13.2. The van der Waals surface area contributed by atoms with Crippen molar-refractivity contribution in [1.29, 1.82) is 5.26 Å². The van der Waals surface area contributed by atoms with E-state index in [9.17, 15) is 21.6 Å². The Morgan fingerprint density at radius 1 is 1.11 bits per heavy atom. The summed E-state index contributed by atoms with van der Waals surface area (Å²) in [5, 5.41) is 8.95. The van der Waals surface area contributed by atoms with Crippen LogP contribution < -0.4 is 9.21 Å². The van der Waals surface area contributed by atoms with Crippen LogP contribution in [0.1, 0.15) is 17.0 Å². The van der Waals surface area contributed by atoms with Crippen molar-refractivity contribution in [3.63, 3.8) is 0 Å². The van der Waals surface area contributed by atoms with Crippen LogP contribution in [0.5, 0.6) is 0 Å². The number of ether oxygens (including phenoxy) is 1. The quantitative estimate of drug-likeness (QED) is 0.427. The molecule has 8 nitrogen and oxygen atoms in total. The SMILES string of the molecule is CS(=O)(=O)N(CC#N)c1ccc(-c2ccnc(Cc3ccc(N4CCOCC4)c(C(F)(F)F)c3)n2)cc1. The van der Waals surface area contributed by atoms with Crippen LogP contribution in [0.25, 0.3) is 11.3 Å². The van der Waals surface area contributed by atoms with Gasteiger partial charge in [-0.2, -0.15) is 18.4 Å². The van der Waals surface area contributed by atoms with Gasteiger partial charge in [0.2, 0.25) is 10.0 Å². The number of sulfonamides is 1. The largest absolute Gasteiger partial charge is 0.418 e. The standard InChI is InChI=1S/C25H24F3N5O3S/c1-37(34,35)33(11-9-29)20-5-3-19(4-6-20)22-8-10-30-24(31-22)17-18-2-7-23(21(16-18)25(26,27)28)32-12-14-36-15-13-32/h2-8,10,16H,11-15,17H2,1H3. The van der Waals surface area contributed by atoms with Crippen LogP contribution in [-0.4, -0.2) is 57.5 Å². The van der Waals surface area contributed by atoms with Crippen LogP contribution in [0.2, 0.25) is 0 Å². The lowest BCUT2D eigenvalue weighted by molar-refractivity contribution is -0.137. The first-order chi connectivity index (χ1) is 17.6. The summed E-state index contributed by atoms with van der Waals surface area (Å²) < 4.78 is 71.8. The number of hydrogen-bond acceptors (Lipinski definition) is 7. The molecule has 194 valence electrons. The highest BCUT2D eigenvalue weighted by Crippen LogP contribution is 2.38. The summed E-state index contributed by atoms with van der Waals surface area (Å²) in [6.07, 6.45) is -1.87. The number of nitriles is 1. The molecule has 0 saturated carbocycles. The molecule has 0 bridgehead atoms. The highest BCUT2D eigenvalue weighted by Gasteiger charge is 2.35. The van der Waals surface area contributed by atoms with Crippen LogP contribution in [0.4, 0.5) is 24.5 Å². The van der Waals surface area contributed by atoms with E-state index < -0.39 is 21.8 Å². The smallest absolute Gasteiger partial charge is 0.378 e. The fourth-order valence-corrected chi connectivity index (χ4v) is 4.89. The molecule has 12 heteroatoms. The fourth-order valence-electron chi connectivity index (χ4n) is 4.09. The molecular formula is C25H24F3N5O3S. The third-order valence-electron chi connectivity index (χ3n) is 5.85. The minimum Gasteiger partial charge on any atom is -0.378 e. The molecule has 0 atom stereocenters. The molecule has 2 aromatic carbocycles. The monoisotopic (exact) mass is 531 g/mol. The molecule has 1 aromatic heterocycles. The second-order valence-electron chi connectivity index (χ2n) is 8.46. The van der Waals surface area contributed by atoms with Gasteiger partial charge in [0.15, 0.2) is 0 Å². The van der Waals surface area contributed by atoms with Crippen molar-refractivity contribution in [3.8, 4) is 17.3 Å². The Hall–Kier alpha value is -3.69. The lowest BCUT2D eigenvalue weighted by Crippen LogP contribution is -2.37. The number of hydrogen-bond donors (Lipinski definition) is 0. The zero-order chi connectivity index (χ0) is 26.6. The Labute approximate surface area is 213 Å². The van der Waals surface area contributed by atoms with Crippen LogP contribution >= 0.6 is 0 Å². The van der Waals surface area contributed by atoms with Crippen LogP contribution in [0.15, 0.2) is 54.7 Å². The Morgan fingerprint density at radius 3 is 2.43 bits per heavy atom. The van der Waals surface area contributed by atoms with Gasteiger partial charge in [-0.1, -0.05) is 18.2 Å². The van der Waals surface area contributed by atoms with Crippen LogP contribution in [0.3, 0.4) is 0 Å². The summed E-state index contributed by atoms with van der Waals surface area (Å²) in [7, 11) is -3.63. The van der Waals surface area contributed by atoms with Crippen molar-refractivity contribution in [3.05, 3.63) is 71.7 Å². The first kappa shape index (κ1) is 26.4. The normalized spacial score (nSPS) is 14.3. The molecule has 3 aromatic rings. The summed E-state index contributed by atoms with van der Waals surface area (Å²) in [5.74, 6) is 0.344. The summed E-state index contributed by atoms with van der Waals surface area (Å²) in [6, 6.07) is 14.2. The minimum absolute atomic E-state index is 0.0996. The van der Waals surface area contributed by atoms with Gasteiger partial charge in [0.05, 0.1) is 42.5 Å². The third-order valence-corrected chi connectivity index (χ3v) is 6.99. The summed E-state index contributed by atoms with van der Waals surface area (Å²) in [6.45, 7) is 1.23. The van der Waals surface area contributed by atoms with E-state index in [4.69, 9.17) is 10.00 Å². The molecule has 0 radical (unpaired) electrons. The average Bonchev–Trinajstić information content (AvgIpc) is 2.87. The van der Waals surface area contributed by atoms with Gasteiger partial charge < -0.3 is 9.64 Å². The van der Waals surface area contributed by atoms with Gasteiger partial charge in [0, 0.05) is 37.0 Å². The summed E-state index contributed by atoms with van der Waals surface area (Å²) in [5.41, 5.74) is 1.39. The van der Waals surface area contributed by atoms with Gasteiger partial charge in [-0.25, -0.2) is 18.4 Å². The molecule has 0 amide bonds. The number of halogens is 3. The zero-order valence-corrected chi connectivity index (χ0v) is 20.8. The number of alkyl halides is 3. The van der Waals surface area contributed by atoms with Crippen molar-refractivity contribution in [2.75, 3.05) is 48.3 Å². The lowest BCUT2D eigenvalue weighted by Gasteiger charge is -2.31. The Morgan fingerprint density at radius 2 is 1.81 bits per heavy atom. The van der Waals surface area contributed by atoms with E-state index in [1.54, 1.807) is 41.3 Å². The summed E-state index contributed by atoms with van der Waals surface area (Å²) in [4.78, 5) is 10.4. The Kier molecular flexibility index (Phi) is 7.65.